The maximum atomic E-state index is 12.5. The van der Waals surface area contributed by atoms with Crippen LogP contribution < -0.4 is 0 Å². The summed E-state index contributed by atoms with van der Waals surface area (Å²) in [5.41, 5.74) is 3.41. The molecule has 3 rings (SSSR count). The van der Waals surface area contributed by atoms with E-state index in [0.717, 1.165) is 21.2 Å². The molecule has 0 aromatic heterocycles. The Bertz CT molecular complexity index is 813. The predicted octanol–water partition coefficient (Wildman–Crippen LogP) is 5.47. The van der Waals surface area contributed by atoms with Crippen LogP contribution in [0.5, 0.6) is 0 Å². The SMILES string of the molecule is O=C(OCc1cccc(Br)c1)c1ccccc1-c1ccccc1. The van der Waals surface area contributed by atoms with Gasteiger partial charge in [0.25, 0.3) is 0 Å². The van der Waals surface area contributed by atoms with E-state index in [-0.39, 0.29) is 12.6 Å². The minimum Gasteiger partial charge on any atom is -0.457 e. The van der Waals surface area contributed by atoms with Crippen LogP contribution in [0.3, 0.4) is 0 Å². The summed E-state index contributed by atoms with van der Waals surface area (Å²) in [4.78, 5) is 12.5. The van der Waals surface area contributed by atoms with Crippen molar-refractivity contribution < 1.29 is 9.53 Å². The number of ether oxygens (including phenoxy) is 1. The summed E-state index contributed by atoms with van der Waals surface area (Å²) in [6.45, 7) is 0.251. The second-order valence-corrected chi connectivity index (χ2v) is 6.03. The molecule has 0 bridgehead atoms. The average molecular weight is 367 g/mol. The van der Waals surface area contributed by atoms with E-state index < -0.39 is 0 Å². The predicted molar refractivity (Wildman–Crippen MR) is 95.1 cm³/mol. The monoisotopic (exact) mass is 366 g/mol. The first kappa shape index (κ1) is 15.5. The van der Waals surface area contributed by atoms with Crippen molar-refractivity contribution in [2.24, 2.45) is 0 Å². The van der Waals surface area contributed by atoms with Crippen LogP contribution in [0.4, 0.5) is 0 Å². The van der Waals surface area contributed by atoms with Crippen LogP contribution in [0.15, 0.2) is 83.3 Å². The van der Waals surface area contributed by atoms with Crippen LogP contribution in [0.1, 0.15) is 15.9 Å². The largest absolute Gasteiger partial charge is 0.457 e. The number of esters is 1. The summed E-state index contributed by atoms with van der Waals surface area (Å²) in [5, 5.41) is 0. The molecule has 3 aromatic rings. The fourth-order valence-electron chi connectivity index (χ4n) is 2.38. The van der Waals surface area contributed by atoms with Gasteiger partial charge in [0.05, 0.1) is 5.56 Å². The molecule has 0 aliphatic heterocycles. The third kappa shape index (κ3) is 3.88. The second-order valence-electron chi connectivity index (χ2n) is 5.12. The molecular formula is C20H15BrO2. The van der Waals surface area contributed by atoms with Crippen LogP contribution in [0.2, 0.25) is 0 Å². The lowest BCUT2D eigenvalue weighted by Crippen LogP contribution is -2.07. The summed E-state index contributed by atoms with van der Waals surface area (Å²) in [7, 11) is 0. The Morgan fingerprint density at radius 3 is 2.39 bits per heavy atom. The Kier molecular flexibility index (Phi) is 4.89. The normalized spacial score (nSPS) is 10.3. The molecule has 2 nitrogen and oxygen atoms in total. The van der Waals surface area contributed by atoms with Crippen molar-refractivity contribution in [3.05, 3.63) is 94.5 Å². The number of halogens is 1. The number of carbonyl (C=O) groups is 1. The highest BCUT2D eigenvalue weighted by Gasteiger charge is 2.13. The molecule has 23 heavy (non-hydrogen) atoms. The molecule has 0 saturated carbocycles. The van der Waals surface area contributed by atoms with E-state index in [2.05, 4.69) is 15.9 Å². The Morgan fingerprint density at radius 1 is 0.870 bits per heavy atom. The van der Waals surface area contributed by atoms with E-state index in [1.165, 1.54) is 0 Å². The van der Waals surface area contributed by atoms with Gasteiger partial charge in [0, 0.05) is 4.47 Å². The summed E-state index contributed by atoms with van der Waals surface area (Å²) in [5.74, 6) is -0.315. The van der Waals surface area contributed by atoms with Gasteiger partial charge in [-0.15, -0.1) is 0 Å². The highest BCUT2D eigenvalue weighted by molar-refractivity contribution is 9.10. The minimum absolute atomic E-state index is 0.251. The maximum Gasteiger partial charge on any atom is 0.339 e. The number of hydrogen-bond acceptors (Lipinski definition) is 2. The topological polar surface area (TPSA) is 26.3 Å². The van der Waals surface area contributed by atoms with Crippen molar-refractivity contribution in [3.8, 4) is 11.1 Å². The van der Waals surface area contributed by atoms with E-state index in [1.807, 2.05) is 72.8 Å². The molecule has 114 valence electrons. The van der Waals surface area contributed by atoms with Gasteiger partial charge < -0.3 is 4.74 Å². The maximum absolute atomic E-state index is 12.5. The number of hydrogen-bond donors (Lipinski definition) is 0. The summed E-state index contributed by atoms with van der Waals surface area (Å²) < 4.78 is 6.44. The molecule has 0 radical (unpaired) electrons. The van der Waals surface area contributed by atoms with Crippen molar-refractivity contribution in [1.29, 1.82) is 0 Å². The fourth-order valence-corrected chi connectivity index (χ4v) is 2.83. The minimum atomic E-state index is -0.315. The van der Waals surface area contributed by atoms with E-state index >= 15 is 0 Å². The lowest BCUT2D eigenvalue weighted by atomic mass is 10.00. The molecule has 3 heteroatoms. The van der Waals surface area contributed by atoms with Crippen LogP contribution in [0, 0.1) is 0 Å². The molecule has 0 saturated heterocycles. The zero-order valence-electron chi connectivity index (χ0n) is 12.4. The standard InChI is InChI=1S/C20H15BrO2/c21-17-10-6-7-15(13-17)14-23-20(22)19-12-5-4-11-18(19)16-8-2-1-3-9-16/h1-13H,14H2. The smallest absolute Gasteiger partial charge is 0.339 e. The lowest BCUT2D eigenvalue weighted by molar-refractivity contribution is 0.0473. The van der Waals surface area contributed by atoms with E-state index in [1.54, 1.807) is 6.07 Å². The van der Waals surface area contributed by atoms with Crippen LogP contribution in [-0.4, -0.2) is 5.97 Å². The first-order chi connectivity index (χ1) is 11.2. The summed E-state index contributed by atoms with van der Waals surface area (Å²) >= 11 is 3.42. The molecule has 0 spiro atoms. The third-order valence-electron chi connectivity index (χ3n) is 3.49. The van der Waals surface area contributed by atoms with Crippen molar-refractivity contribution >= 4 is 21.9 Å². The van der Waals surface area contributed by atoms with Crippen molar-refractivity contribution in [3.63, 3.8) is 0 Å². The van der Waals surface area contributed by atoms with Gasteiger partial charge in [-0.3, -0.25) is 0 Å². The Morgan fingerprint density at radius 2 is 1.61 bits per heavy atom. The van der Waals surface area contributed by atoms with Gasteiger partial charge in [-0.2, -0.15) is 0 Å². The molecule has 0 amide bonds. The van der Waals surface area contributed by atoms with Crippen LogP contribution in [0.25, 0.3) is 11.1 Å². The summed E-state index contributed by atoms with van der Waals surface area (Å²) in [6.07, 6.45) is 0. The zero-order chi connectivity index (χ0) is 16.1. The Balaban J connectivity index is 1.80. The van der Waals surface area contributed by atoms with Crippen LogP contribution >= 0.6 is 15.9 Å². The quantitative estimate of drug-likeness (QED) is 0.572. The number of benzene rings is 3. The van der Waals surface area contributed by atoms with Gasteiger partial charge in [-0.1, -0.05) is 76.6 Å². The third-order valence-corrected chi connectivity index (χ3v) is 3.98. The summed E-state index contributed by atoms with van der Waals surface area (Å²) in [6, 6.07) is 25.1. The first-order valence-electron chi connectivity index (χ1n) is 7.30. The van der Waals surface area contributed by atoms with Gasteiger partial charge in [-0.25, -0.2) is 4.79 Å². The van der Waals surface area contributed by atoms with E-state index in [4.69, 9.17) is 4.74 Å². The average Bonchev–Trinajstić information content (AvgIpc) is 2.60. The first-order valence-corrected chi connectivity index (χ1v) is 8.09. The van der Waals surface area contributed by atoms with E-state index in [0.29, 0.717) is 5.56 Å². The van der Waals surface area contributed by atoms with Gasteiger partial charge in [0.15, 0.2) is 0 Å². The van der Waals surface area contributed by atoms with Crippen molar-refractivity contribution in [1.82, 2.24) is 0 Å². The molecule has 0 unspecified atom stereocenters. The fraction of sp³-hybridized carbons (Fsp3) is 0.0500. The molecule has 0 fully saturated rings. The number of rotatable bonds is 4. The molecule has 0 aliphatic rings. The van der Waals surface area contributed by atoms with Gasteiger partial charge in [0.1, 0.15) is 6.61 Å². The molecule has 0 aliphatic carbocycles. The molecular weight excluding hydrogens is 352 g/mol. The second kappa shape index (κ2) is 7.25. The Hall–Kier alpha value is -2.39. The van der Waals surface area contributed by atoms with Crippen molar-refractivity contribution in [2.45, 2.75) is 6.61 Å². The van der Waals surface area contributed by atoms with Crippen LogP contribution in [-0.2, 0) is 11.3 Å². The molecule has 0 heterocycles. The number of carbonyl (C=O) groups excluding carboxylic acids is 1. The highest BCUT2D eigenvalue weighted by atomic mass is 79.9. The molecule has 3 aromatic carbocycles. The lowest BCUT2D eigenvalue weighted by Gasteiger charge is -2.10. The molecule has 0 atom stereocenters. The van der Waals surface area contributed by atoms with Gasteiger partial charge in [-0.05, 0) is 34.9 Å². The van der Waals surface area contributed by atoms with E-state index in [9.17, 15) is 4.79 Å². The van der Waals surface area contributed by atoms with Gasteiger partial charge >= 0.3 is 5.97 Å². The highest BCUT2D eigenvalue weighted by Crippen LogP contribution is 2.24. The molecule has 0 N–H and O–H groups in total. The van der Waals surface area contributed by atoms with Gasteiger partial charge in [0.2, 0.25) is 0 Å². The Labute approximate surface area is 143 Å². The van der Waals surface area contributed by atoms with Crippen molar-refractivity contribution in [2.75, 3.05) is 0 Å². The zero-order valence-corrected chi connectivity index (χ0v) is 14.0.